The SMILES string of the molecule is c1cc(-c2ccc(-c3cc4c5ccc6ccccc6c5sc4c4nc5ccccc5n34)cc2)cc(-c2cccc(-n3c4ccccc4c4ccccc43)c2)c1. The molecule has 4 aromatic heterocycles. The second-order valence-electron chi connectivity index (χ2n) is 14.4. The third kappa shape index (κ3) is 4.59. The van der Waals surface area contributed by atoms with Crippen molar-refractivity contribution >= 4 is 80.8 Å². The van der Waals surface area contributed by atoms with Crippen LogP contribution in [0.4, 0.5) is 0 Å². The van der Waals surface area contributed by atoms with E-state index < -0.39 is 0 Å². The first-order chi connectivity index (χ1) is 27.3. The average Bonchev–Trinajstić information content (AvgIpc) is 3.94. The number of thiophene rings is 1. The van der Waals surface area contributed by atoms with E-state index in [0.29, 0.717) is 0 Å². The normalized spacial score (nSPS) is 12.0. The number of imidazole rings is 1. The Morgan fingerprint density at radius 1 is 0.382 bits per heavy atom. The smallest absolute Gasteiger partial charge is 0.156 e. The molecule has 12 aromatic rings. The highest BCUT2D eigenvalue weighted by Crippen LogP contribution is 2.43. The van der Waals surface area contributed by atoms with E-state index in [0.717, 1.165) is 33.6 Å². The zero-order valence-electron chi connectivity index (χ0n) is 29.6. The Balaban J connectivity index is 0.965. The number of nitrogens with zero attached hydrogens (tertiary/aromatic N) is 3. The van der Waals surface area contributed by atoms with Crippen molar-refractivity contribution in [1.82, 2.24) is 14.0 Å². The second-order valence-corrected chi connectivity index (χ2v) is 15.4. The third-order valence-corrected chi connectivity index (χ3v) is 12.5. The topological polar surface area (TPSA) is 22.2 Å². The molecule has 8 aromatic carbocycles. The second kappa shape index (κ2) is 11.7. The molecule has 3 nitrogen and oxygen atoms in total. The predicted octanol–water partition coefficient (Wildman–Crippen LogP) is 14.1. The van der Waals surface area contributed by atoms with Crippen LogP contribution in [0.3, 0.4) is 0 Å². The van der Waals surface area contributed by atoms with Crippen molar-refractivity contribution in [2.45, 2.75) is 0 Å². The van der Waals surface area contributed by atoms with Crippen molar-refractivity contribution in [2.24, 2.45) is 0 Å². The molecular weight excluding hydrogens is 687 g/mol. The maximum atomic E-state index is 5.23. The molecular formula is C51H31N3S. The van der Waals surface area contributed by atoms with Crippen LogP contribution < -0.4 is 0 Å². The highest BCUT2D eigenvalue weighted by atomic mass is 32.1. The van der Waals surface area contributed by atoms with Crippen molar-refractivity contribution < 1.29 is 0 Å². The number of aromatic nitrogens is 3. The summed E-state index contributed by atoms with van der Waals surface area (Å²) in [6, 6.07) is 68.4. The lowest BCUT2D eigenvalue weighted by atomic mass is 9.97. The van der Waals surface area contributed by atoms with Crippen LogP contribution in [0.15, 0.2) is 188 Å². The maximum Gasteiger partial charge on any atom is 0.156 e. The summed E-state index contributed by atoms with van der Waals surface area (Å²) in [6.45, 7) is 0. The molecule has 4 heteroatoms. The first-order valence-corrected chi connectivity index (χ1v) is 19.5. The van der Waals surface area contributed by atoms with Crippen LogP contribution in [-0.4, -0.2) is 14.0 Å². The summed E-state index contributed by atoms with van der Waals surface area (Å²) in [5.74, 6) is 0. The van der Waals surface area contributed by atoms with Crippen LogP contribution in [0.2, 0.25) is 0 Å². The highest BCUT2D eigenvalue weighted by Gasteiger charge is 2.19. The lowest BCUT2D eigenvalue weighted by Crippen LogP contribution is -1.94. The molecule has 0 radical (unpaired) electrons. The van der Waals surface area contributed by atoms with E-state index >= 15 is 0 Å². The van der Waals surface area contributed by atoms with Crippen molar-refractivity contribution in [3.8, 4) is 39.2 Å². The Morgan fingerprint density at radius 3 is 1.78 bits per heavy atom. The minimum atomic E-state index is 1.01. The van der Waals surface area contributed by atoms with Gasteiger partial charge in [0.2, 0.25) is 0 Å². The molecule has 0 saturated heterocycles. The van der Waals surface area contributed by atoms with E-state index in [4.69, 9.17) is 4.98 Å². The molecule has 4 heterocycles. The van der Waals surface area contributed by atoms with Gasteiger partial charge < -0.3 is 4.57 Å². The number of benzene rings is 8. The molecule has 0 N–H and O–H groups in total. The van der Waals surface area contributed by atoms with Gasteiger partial charge in [0, 0.05) is 31.9 Å². The van der Waals surface area contributed by atoms with E-state index in [9.17, 15) is 0 Å². The molecule has 0 amide bonds. The zero-order valence-corrected chi connectivity index (χ0v) is 30.5. The molecule has 0 fully saturated rings. The van der Waals surface area contributed by atoms with E-state index in [-0.39, 0.29) is 0 Å². The van der Waals surface area contributed by atoms with E-state index in [1.165, 1.54) is 75.0 Å². The minimum absolute atomic E-state index is 1.01. The number of rotatable bonds is 4. The quantitative estimate of drug-likeness (QED) is 0.178. The molecule has 0 spiro atoms. The Morgan fingerprint density at radius 2 is 1.00 bits per heavy atom. The van der Waals surface area contributed by atoms with Gasteiger partial charge in [0.05, 0.1) is 32.5 Å². The van der Waals surface area contributed by atoms with Gasteiger partial charge in [-0.15, -0.1) is 11.3 Å². The molecule has 256 valence electrons. The van der Waals surface area contributed by atoms with Crippen molar-refractivity contribution in [3.63, 3.8) is 0 Å². The Labute approximate surface area is 320 Å². The van der Waals surface area contributed by atoms with E-state index in [2.05, 4.69) is 197 Å². The number of hydrogen-bond donors (Lipinski definition) is 0. The molecule has 55 heavy (non-hydrogen) atoms. The van der Waals surface area contributed by atoms with Gasteiger partial charge in [-0.1, -0.05) is 140 Å². The van der Waals surface area contributed by atoms with E-state index in [1.54, 1.807) is 0 Å². The molecule has 0 aliphatic heterocycles. The molecule has 0 aliphatic carbocycles. The fourth-order valence-electron chi connectivity index (χ4n) is 8.73. The highest BCUT2D eigenvalue weighted by molar-refractivity contribution is 7.27. The number of para-hydroxylation sites is 4. The molecule has 12 rings (SSSR count). The Bertz CT molecular complexity index is 3440. The maximum absolute atomic E-state index is 5.23. The molecule has 0 aliphatic rings. The van der Waals surface area contributed by atoms with Gasteiger partial charge in [0.15, 0.2) is 5.65 Å². The lowest BCUT2D eigenvalue weighted by molar-refractivity contribution is 1.18. The monoisotopic (exact) mass is 717 g/mol. The first kappa shape index (κ1) is 30.5. The van der Waals surface area contributed by atoms with Gasteiger partial charge in [-0.05, 0) is 87.1 Å². The summed E-state index contributed by atoms with van der Waals surface area (Å²) in [5, 5.41) is 7.64. The molecule has 0 atom stereocenters. The van der Waals surface area contributed by atoms with E-state index in [1.807, 2.05) is 11.3 Å². The van der Waals surface area contributed by atoms with Crippen LogP contribution in [0, 0.1) is 0 Å². The van der Waals surface area contributed by atoms with Crippen LogP contribution in [0.5, 0.6) is 0 Å². The number of hydrogen-bond acceptors (Lipinski definition) is 2. The fraction of sp³-hybridized carbons (Fsp3) is 0. The minimum Gasteiger partial charge on any atom is -0.309 e. The van der Waals surface area contributed by atoms with Gasteiger partial charge >= 0.3 is 0 Å². The van der Waals surface area contributed by atoms with Crippen LogP contribution in [-0.2, 0) is 0 Å². The largest absolute Gasteiger partial charge is 0.309 e. The van der Waals surface area contributed by atoms with Crippen molar-refractivity contribution in [1.29, 1.82) is 0 Å². The lowest BCUT2D eigenvalue weighted by Gasteiger charge is -2.12. The standard InChI is InChI=1S/C51H31N3S/c1-2-16-39-33(11-1)27-28-42-43-31-48(54-47-22-8-5-19-44(47)52-51(54)50(43)55-49(39)42)34-25-23-32(24-26-34)35-12-9-13-36(29-35)37-14-10-15-38(30-37)53-45-20-6-3-17-40(45)41-18-4-7-21-46(41)53/h1-31H. The van der Waals surface area contributed by atoms with Crippen molar-refractivity contribution in [3.05, 3.63) is 188 Å². The first-order valence-electron chi connectivity index (χ1n) is 18.7. The third-order valence-electron chi connectivity index (χ3n) is 11.3. The van der Waals surface area contributed by atoms with Crippen LogP contribution >= 0.6 is 11.3 Å². The number of pyridine rings is 1. The molecule has 0 saturated carbocycles. The summed E-state index contributed by atoms with van der Waals surface area (Å²) < 4.78 is 7.28. The number of fused-ring (bicyclic) bond motifs is 12. The average molecular weight is 718 g/mol. The summed E-state index contributed by atoms with van der Waals surface area (Å²) in [5.41, 5.74) is 13.8. The molecule has 0 bridgehead atoms. The van der Waals surface area contributed by atoms with Gasteiger partial charge in [0.1, 0.15) is 0 Å². The summed E-state index contributed by atoms with van der Waals surface area (Å²) in [7, 11) is 0. The van der Waals surface area contributed by atoms with Gasteiger partial charge in [-0.25, -0.2) is 4.98 Å². The fourth-order valence-corrected chi connectivity index (χ4v) is 10.0. The van der Waals surface area contributed by atoms with Crippen molar-refractivity contribution in [2.75, 3.05) is 0 Å². The van der Waals surface area contributed by atoms with Crippen LogP contribution in [0.25, 0.3) is 109 Å². The summed E-state index contributed by atoms with van der Waals surface area (Å²) in [4.78, 5) is 5.23. The summed E-state index contributed by atoms with van der Waals surface area (Å²) in [6.07, 6.45) is 0. The molecule has 0 unspecified atom stereocenters. The summed E-state index contributed by atoms with van der Waals surface area (Å²) >= 11 is 1.85. The Hall–Kier alpha value is -7.01. The zero-order chi connectivity index (χ0) is 36.0. The van der Waals surface area contributed by atoms with Gasteiger partial charge in [0.25, 0.3) is 0 Å². The van der Waals surface area contributed by atoms with Gasteiger partial charge in [-0.2, -0.15) is 0 Å². The van der Waals surface area contributed by atoms with Gasteiger partial charge in [-0.3, -0.25) is 4.40 Å². The predicted molar refractivity (Wildman–Crippen MR) is 234 cm³/mol. The van der Waals surface area contributed by atoms with Crippen LogP contribution in [0.1, 0.15) is 0 Å². The Kier molecular flexibility index (Phi) is 6.50.